The first-order valence-electron chi connectivity index (χ1n) is 20.5. The number of carbonyl (C=O) groups is 3. The van der Waals surface area contributed by atoms with Gasteiger partial charge in [0, 0.05) is 75.5 Å². The molecule has 8 fully saturated rings. The van der Waals surface area contributed by atoms with E-state index in [1.165, 1.54) is 45.2 Å². The highest BCUT2D eigenvalue weighted by Gasteiger charge is 2.71. The van der Waals surface area contributed by atoms with Crippen LogP contribution in [0.1, 0.15) is 105 Å². The monoisotopic (exact) mass is 680 g/mol. The number of likely N-dealkylation sites (tertiary alicyclic amines) is 1. The molecule has 0 aromatic heterocycles. The van der Waals surface area contributed by atoms with Crippen LogP contribution >= 0.6 is 0 Å². The second-order valence-corrected chi connectivity index (χ2v) is 18.7. The Hall–Kier alpha value is -1.55. The van der Waals surface area contributed by atoms with Crippen molar-refractivity contribution in [1.82, 2.24) is 25.3 Å². The molecule has 0 bridgehead atoms. The fourth-order valence-corrected chi connectivity index (χ4v) is 13.3. The van der Waals surface area contributed by atoms with Crippen molar-refractivity contribution in [3.05, 3.63) is 0 Å². The van der Waals surface area contributed by atoms with Gasteiger partial charge in [0.2, 0.25) is 11.8 Å². The standard InChI is InChI=1S/C40H65N5O4/c1-26-9-12-40(41-25-26)27(2)37-33(49-40)22-32-30-8-7-28-21-29(10-11-38(28,3)31(30)23-34(46)39(32,37)4)42-35(47)24-36(48)45-19-17-44(18-20-45)16-15-43-13-5-6-14-43/h26-33,37,41H,5-25H2,1-4H3,(H,42,47)/t26-,27-,28+,29+,30+,31-,32-,33-,37-,38-,39+,40+/m0/s1. The number of piperazine rings is 1. The molecule has 4 saturated carbocycles. The third-order valence-corrected chi connectivity index (χ3v) is 16.3. The molecule has 9 nitrogen and oxygen atoms in total. The number of nitrogens with one attached hydrogen (secondary N) is 2. The van der Waals surface area contributed by atoms with Crippen molar-refractivity contribution in [2.75, 3.05) is 58.9 Å². The van der Waals surface area contributed by atoms with E-state index in [0.717, 1.165) is 84.3 Å². The molecule has 0 unspecified atom stereocenters. The minimum absolute atomic E-state index is 0.0269. The van der Waals surface area contributed by atoms with Crippen LogP contribution in [0.25, 0.3) is 0 Å². The lowest BCUT2D eigenvalue weighted by Crippen LogP contribution is -2.60. The summed E-state index contributed by atoms with van der Waals surface area (Å²) in [5, 5.41) is 7.11. The van der Waals surface area contributed by atoms with Crippen LogP contribution in [0, 0.1) is 52.3 Å². The molecule has 12 atom stereocenters. The Bertz CT molecular complexity index is 1270. The van der Waals surface area contributed by atoms with E-state index in [1.54, 1.807) is 0 Å². The maximum atomic E-state index is 14.5. The fraction of sp³-hybridized carbons (Fsp3) is 0.925. The molecule has 1 spiro atoms. The Morgan fingerprint density at radius 1 is 0.898 bits per heavy atom. The predicted molar refractivity (Wildman–Crippen MR) is 189 cm³/mol. The summed E-state index contributed by atoms with van der Waals surface area (Å²) in [4.78, 5) is 47.6. The molecule has 0 aromatic rings. The largest absolute Gasteiger partial charge is 0.357 e. The minimum atomic E-state index is -0.277. The zero-order valence-corrected chi connectivity index (χ0v) is 31.0. The zero-order valence-electron chi connectivity index (χ0n) is 31.0. The van der Waals surface area contributed by atoms with E-state index in [9.17, 15) is 14.4 Å². The quantitative estimate of drug-likeness (QED) is 0.405. The molecule has 4 saturated heterocycles. The lowest BCUT2D eigenvalue weighted by atomic mass is 9.44. The van der Waals surface area contributed by atoms with Crippen molar-refractivity contribution in [1.29, 1.82) is 0 Å². The summed E-state index contributed by atoms with van der Waals surface area (Å²) < 4.78 is 7.01. The van der Waals surface area contributed by atoms with Gasteiger partial charge in [0.15, 0.2) is 0 Å². The fourth-order valence-electron chi connectivity index (χ4n) is 13.3. The third kappa shape index (κ3) is 5.93. The average molecular weight is 680 g/mol. The van der Waals surface area contributed by atoms with Gasteiger partial charge in [-0.15, -0.1) is 0 Å². The molecule has 0 radical (unpaired) electrons. The van der Waals surface area contributed by atoms with Gasteiger partial charge in [0.05, 0.1) is 6.10 Å². The summed E-state index contributed by atoms with van der Waals surface area (Å²) in [7, 11) is 0. The van der Waals surface area contributed by atoms with E-state index >= 15 is 0 Å². The second kappa shape index (κ2) is 13.1. The lowest BCUT2D eigenvalue weighted by molar-refractivity contribution is -0.160. The van der Waals surface area contributed by atoms with Gasteiger partial charge in [-0.2, -0.15) is 0 Å². The van der Waals surface area contributed by atoms with Gasteiger partial charge in [-0.3, -0.25) is 24.6 Å². The van der Waals surface area contributed by atoms with E-state index < -0.39 is 0 Å². The van der Waals surface area contributed by atoms with Crippen LogP contribution in [-0.2, 0) is 19.1 Å². The minimum Gasteiger partial charge on any atom is -0.357 e. The topological polar surface area (TPSA) is 94.2 Å². The summed E-state index contributed by atoms with van der Waals surface area (Å²) in [5.41, 5.74) is -0.385. The predicted octanol–water partition coefficient (Wildman–Crippen LogP) is 4.30. The van der Waals surface area contributed by atoms with E-state index in [4.69, 9.17) is 4.74 Å². The van der Waals surface area contributed by atoms with Crippen molar-refractivity contribution in [2.45, 2.75) is 123 Å². The zero-order chi connectivity index (χ0) is 34.1. The molecule has 2 N–H and O–H groups in total. The second-order valence-electron chi connectivity index (χ2n) is 18.7. The highest BCUT2D eigenvalue weighted by Crippen LogP contribution is 2.70. The summed E-state index contributed by atoms with van der Waals surface area (Å²) in [5.74, 6) is 3.68. The molecule has 4 heterocycles. The Labute approximate surface area is 295 Å². The third-order valence-electron chi connectivity index (χ3n) is 16.3. The normalized spacial score (nSPS) is 47.1. The number of ether oxygens (including phenoxy) is 1. The lowest BCUT2D eigenvalue weighted by Gasteiger charge is -2.60. The van der Waals surface area contributed by atoms with E-state index in [0.29, 0.717) is 47.2 Å². The Kier molecular flexibility index (Phi) is 9.26. The van der Waals surface area contributed by atoms with Gasteiger partial charge in [-0.1, -0.05) is 27.7 Å². The number of carbonyl (C=O) groups excluding carboxylic acids is 3. The van der Waals surface area contributed by atoms with Gasteiger partial charge in [0.1, 0.15) is 17.9 Å². The van der Waals surface area contributed by atoms with Crippen LogP contribution < -0.4 is 10.6 Å². The molecule has 8 aliphatic rings. The van der Waals surface area contributed by atoms with Crippen LogP contribution in [0.15, 0.2) is 0 Å². The smallest absolute Gasteiger partial charge is 0.232 e. The first kappa shape index (κ1) is 34.5. The molecule has 2 amide bonds. The van der Waals surface area contributed by atoms with E-state index in [1.807, 2.05) is 4.90 Å². The van der Waals surface area contributed by atoms with Crippen LogP contribution in [-0.4, -0.2) is 109 Å². The van der Waals surface area contributed by atoms with Crippen LogP contribution in [0.5, 0.6) is 0 Å². The SMILES string of the molecule is C[C@H]1CC[C@@]2(NC1)O[C@H]1C[C@H]3[C@@H]4CC[C@@H]5C[C@H](NC(=O)CC(=O)N6CCN(CCN7CCCC7)CC6)CC[C@]5(C)[C@H]4CC(=O)[C@]3(C)[C@H]1[C@@H]2C. The maximum absolute atomic E-state index is 14.5. The highest BCUT2D eigenvalue weighted by atomic mass is 16.5. The molecule has 9 heteroatoms. The van der Waals surface area contributed by atoms with E-state index in [2.05, 4.69) is 48.1 Å². The average Bonchev–Trinajstić information content (AvgIpc) is 3.78. The van der Waals surface area contributed by atoms with Crippen LogP contribution in [0.4, 0.5) is 0 Å². The van der Waals surface area contributed by atoms with E-state index in [-0.39, 0.29) is 46.9 Å². The molecular formula is C40H65N5O4. The number of ketones is 1. The van der Waals surface area contributed by atoms with Crippen LogP contribution in [0.2, 0.25) is 0 Å². The molecule has 8 rings (SSSR count). The molecular weight excluding hydrogens is 614 g/mol. The molecule has 4 aliphatic carbocycles. The number of piperidine rings is 1. The molecule has 4 aliphatic heterocycles. The van der Waals surface area contributed by atoms with Gasteiger partial charge >= 0.3 is 0 Å². The number of hydrogen-bond acceptors (Lipinski definition) is 7. The number of Topliss-reactive ketones (excluding diaryl/α,β-unsaturated/α-hetero) is 1. The maximum Gasteiger partial charge on any atom is 0.232 e. The van der Waals surface area contributed by atoms with Crippen molar-refractivity contribution >= 4 is 17.6 Å². The summed E-state index contributed by atoms with van der Waals surface area (Å²) in [6.45, 7) is 18.4. The Morgan fingerprint density at radius 2 is 1.63 bits per heavy atom. The number of nitrogens with zero attached hydrogens (tertiary/aromatic N) is 3. The van der Waals surface area contributed by atoms with Gasteiger partial charge < -0.3 is 19.9 Å². The van der Waals surface area contributed by atoms with Crippen molar-refractivity contribution in [3.8, 4) is 0 Å². The number of amides is 2. The Balaban J connectivity index is 0.838. The van der Waals surface area contributed by atoms with Crippen molar-refractivity contribution in [3.63, 3.8) is 0 Å². The summed E-state index contributed by atoms with van der Waals surface area (Å²) in [6, 6.07) is 0.129. The molecule has 49 heavy (non-hydrogen) atoms. The highest BCUT2D eigenvalue weighted by molar-refractivity contribution is 5.97. The number of fused-ring (bicyclic) bond motifs is 7. The van der Waals surface area contributed by atoms with Crippen LogP contribution in [0.3, 0.4) is 0 Å². The van der Waals surface area contributed by atoms with Crippen molar-refractivity contribution in [2.24, 2.45) is 52.3 Å². The number of hydrogen-bond donors (Lipinski definition) is 2. The number of rotatable bonds is 6. The van der Waals surface area contributed by atoms with Gasteiger partial charge in [-0.25, -0.2) is 0 Å². The summed E-state index contributed by atoms with van der Waals surface area (Å²) in [6.07, 6.45) is 12.2. The molecule has 274 valence electrons. The Morgan fingerprint density at radius 3 is 2.35 bits per heavy atom. The summed E-state index contributed by atoms with van der Waals surface area (Å²) >= 11 is 0. The van der Waals surface area contributed by atoms with Gasteiger partial charge in [0.25, 0.3) is 0 Å². The first-order valence-corrected chi connectivity index (χ1v) is 20.5. The molecule has 0 aromatic carbocycles. The van der Waals surface area contributed by atoms with Gasteiger partial charge in [-0.05, 0) is 112 Å². The first-order chi connectivity index (χ1) is 23.5. The van der Waals surface area contributed by atoms with Crippen molar-refractivity contribution < 1.29 is 19.1 Å².